The van der Waals surface area contributed by atoms with Crippen LogP contribution in [0, 0.1) is 13.8 Å². The molecule has 2 N–H and O–H groups in total. The summed E-state index contributed by atoms with van der Waals surface area (Å²) in [7, 11) is 0. The van der Waals surface area contributed by atoms with Crippen molar-refractivity contribution in [2.45, 2.75) is 26.6 Å². The van der Waals surface area contributed by atoms with Crippen LogP contribution in [0.2, 0.25) is 0 Å². The van der Waals surface area contributed by atoms with Gasteiger partial charge in [0.05, 0.1) is 5.39 Å². The second kappa shape index (κ2) is 5.57. The molecule has 0 aliphatic rings. The van der Waals surface area contributed by atoms with Crippen molar-refractivity contribution in [2.24, 2.45) is 0 Å². The Bertz CT molecular complexity index is 835. The molecule has 0 atom stereocenters. The maximum absolute atomic E-state index is 12.9. The number of aromatic amines is 1. The van der Waals surface area contributed by atoms with E-state index in [1.165, 1.54) is 0 Å². The summed E-state index contributed by atoms with van der Waals surface area (Å²) in [5, 5.41) is 3.52. The normalized spacial score (nSPS) is 11.9. The summed E-state index contributed by atoms with van der Waals surface area (Å²) in [6.07, 6.45) is -4.59. The minimum atomic E-state index is -4.59. The zero-order valence-electron chi connectivity index (χ0n) is 12.6. The number of nitrogens with one attached hydrogen (secondary N) is 2. The van der Waals surface area contributed by atoms with Gasteiger partial charge in [0, 0.05) is 12.2 Å². The average Bonchev–Trinajstić information content (AvgIpc) is 2.85. The van der Waals surface area contributed by atoms with Crippen molar-refractivity contribution in [3.8, 4) is 0 Å². The fourth-order valence-corrected chi connectivity index (χ4v) is 2.29. The molecule has 7 heteroatoms. The highest BCUT2D eigenvalue weighted by molar-refractivity contribution is 5.87. The van der Waals surface area contributed by atoms with Crippen molar-refractivity contribution >= 4 is 16.9 Å². The van der Waals surface area contributed by atoms with E-state index >= 15 is 0 Å². The van der Waals surface area contributed by atoms with Gasteiger partial charge in [-0.15, -0.1) is 0 Å². The van der Waals surface area contributed by atoms with Crippen LogP contribution in [-0.4, -0.2) is 15.0 Å². The number of H-pyrrole nitrogens is 1. The molecule has 3 aromatic rings. The zero-order valence-corrected chi connectivity index (χ0v) is 12.6. The summed E-state index contributed by atoms with van der Waals surface area (Å²) < 4.78 is 38.8. The maximum atomic E-state index is 12.9. The molecule has 3 rings (SSSR count). The van der Waals surface area contributed by atoms with Crippen molar-refractivity contribution in [1.29, 1.82) is 0 Å². The Morgan fingerprint density at radius 3 is 2.43 bits per heavy atom. The molecule has 0 aliphatic carbocycles. The highest BCUT2D eigenvalue weighted by Crippen LogP contribution is 2.30. The Morgan fingerprint density at radius 2 is 1.78 bits per heavy atom. The van der Waals surface area contributed by atoms with Crippen LogP contribution in [0.3, 0.4) is 0 Å². The Morgan fingerprint density at radius 1 is 1.09 bits per heavy atom. The summed E-state index contributed by atoms with van der Waals surface area (Å²) in [5.74, 6) is -0.981. The lowest BCUT2D eigenvalue weighted by molar-refractivity contribution is -0.144. The number of anilines is 1. The lowest BCUT2D eigenvalue weighted by Gasteiger charge is -2.10. The number of aromatic nitrogens is 3. The zero-order chi connectivity index (χ0) is 16.6. The molecule has 0 aliphatic heterocycles. The third-order valence-electron chi connectivity index (χ3n) is 3.46. The largest absolute Gasteiger partial charge is 0.451 e. The van der Waals surface area contributed by atoms with Crippen molar-refractivity contribution in [3.05, 3.63) is 53.0 Å². The van der Waals surface area contributed by atoms with Crippen LogP contribution in [0.5, 0.6) is 0 Å². The third kappa shape index (κ3) is 3.28. The van der Waals surface area contributed by atoms with Crippen LogP contribution >= 0.6 is 0 Å². The van der Waals surface area contributed by atoms with Gasteiger partial charge < -0.3 is 10.3 Å². The number of alkyl halides is 3. The smallest absolute Gasteiger partial charge is 0.365 e. The van der Waals surface area contributed by atoms with E-state index in [-0.39, 0.29) is 11.5 Å². The van der Waals surface area contributed by atoms with Gasteiger partial charge in [-0.05, 0) is 25.5 Å². The molecule has 0 fully saturated rings. The van der Waals surface area contributed by atoms with Crippen LogP contribution in [0.4, 0.5) is 19.0 Å². The fraction of sp³-hybridized carbons (Fsp3) is 0.250. The lowest BCUT2D eigenvalue weighted by Crippen LogP contribution is -2.13. The maximum Gasteiger partial charge on any atom is 0.451 e. The van der Waals surface area contributed by atoms with E-state index in [0.29, 0.717) is 11.9 Å². The Hall–Kier alpha value is -2.57. The van der Waals surface area contributed by atoms with Crippen molar-refractivity contribution in [3.63, 3.8) is 0 Å². The number of nitrogens with zero attached hydrogens (tertiary/aromatic N) is 2. The van der Waals surface area contributed by atoms with Gasteiger partial charge in [0.15, 0.2) is 0 Å². The number of benzene rings is 1. The van der Waals surface area contributed by atoms with Crippen LogP contribution in [0.15, 0.2) is 30.3 Å². The number of fused-ring (bicyclic) bond motifs is 1. The summed E-state index contributed by atoms with van der Waals surface area (Å²) in [6, 6.07) is 9.48. The van der Waals surface area contributed by atoms with E-state index in [2.05, 4.69) is 20.3 Å². The topological polar surface area (TPSA) is 53.6 Å². The van der Waals surface area contributed by atoms with E-state index in [4.69, 9.17) is 0 Å². The van der Waals surface area contributed by atoms with Crippen LogP contribution in [-0.2, 0) is 12.7 Å². The minimum Gasteiger partial charge on any atom is -0.365 e. The van der Waals surface area contributed by atoms with Crippen molar-refractivity contribution < 1.29 is 13.2 Å². The highest BCUT2D eigenvalue weighted by Gasteiger charge is 2.35. The second-order valence-corrected chi connectivity index (χ2v) is 5.45. The summed E-state index contributed by atoms with van der Waals surface area (Å²) in [6.45, 7) is 4.12. The molecule has 0 radical (unpaired) electrons. The Labute approximate surface area is 130 Å². The van der Waals surface area contributed by atoms with Gasteiger partial charge in [0.1, 0.15) is 11.5 Å². The molecule has 0 amide bonds. The van der Waals surface area contributed by atoms with Crippen LogP contribution in [0.1, 0.15) is 22.6 Å². The molecular formula is C16H15F3N4. The number of hydrogen-bond donors (Lipinski definition) is 2. The summed E-state index contributed by atoms with van der Waals surface area (Å²) in [4.78, 5) is 10.0. The standard InChI is InChI=1S/C16H15F3N4/c1-9-3-5-11(6-4-9)8-20-13-12-7-10(2)21-14(12)23-15(22-13)16(17,18)19/h3-7H,8H2,1-2H3,(H2,20,21,22,23). The third-order valence-corrected chi connectivity index (χ3v) is 3.46. The van der Waals surface area contributed by atoms with E-state index in [0.717, 1.165) is 16.8 Å². The molecule has 0 unspecified atom stereocenters. The van der Waals surface area contributed by atoms with Crippen LogP contribution in [0.25, 0.3) is 11.0 Å². The number of rotatable bonds is 3. The van der Waals surface area contributed by atoms with Crippen LogP contribution < -0.4 is 5.32 Å². The predicted molar refractivity (Wildman–Crippen MR) is 82.1 cm³/mol. The highest BCUT2D eigenvalue weighted by atomic mass is 19.4. The molecule has 2 aromatic heterocycles. The Kier molecular flexibility index (Phi) is 3.71. The quantitative estimate of drug-likeness (QED) is 0.760. The molecule has 0 saturated carbocycles. The number of hydrogen-bond acceptors (Lipinski definition) is 3. The molecule has 23 heavy (non-hydrogen) atoms. The first-order valence-corrected chi connectivity index (χ1v) is 7.07. The summed E-state index contributed by atoms with van der Waals surface area (Å²) >= 11 is 0. The monoisotopic (exact) mass is 320 g/mol. The SMILES string of the molecule is Cc1ccc(CNc2nc(C(F)(F)F)nc3[nH]c(C)cc23)cc1. The minimum absolute atomic E-state index is 0.173. The first kappa shape index (κ1) is 15.3. The van der Waals surface area contributed by atoms with Crippen molar-refractivity contribution in [2.75, 3.05) is 5.32 Å². The van der Waals surface area contributed by atoms with Gasteiger partial charge >= 0.3 is 6.18 Å². The van der Waals surface area contributed by atoms with E-state index in [9.17, 15) is 13.2 Å². The molecule has 1 aromatic carbocycles. The van der Waals surface area contributed by atoms with Gasteiger partial charge in [-0.2, -0.15) is 13.2 Å². The van der Waals surface area contributed by atoms with Gasteiger partial charge in [-0.25, -0.2) is 9.97 Å². The molecule has 120 valence electrons. The molecular weight excluding hydrogens is 305 g/mol. The molecule has 0 spiro atoms. The lowest BCUT2D eigenvalue weighted by atomic mass is 10.1. The van der Waals surface area contributed by atoms with Gasteiger partial charge in [0.25, 0.3) is 0 Å². The first-order valence-electron chi connectivity index (χ1n) is 7.07. The molecule has 4 nitrogen and oxygen atoms in total. The van der Waals surface area contributed by atoms with Crippen molar-refractivity contribution in [1.82, 2.24) is 15.0 Å². The molecule has 2 heterocycles. The second-order valence-electron chi connectivity index (χ2n) is 5.45. The first-order chi connectivity index (χ1) is 10.8. The number of aryl methyl sites for hydroxylation is 2. The van der Waals surface area contributed by atoms with E-state index in [1.54, 1.807) is 13.0 Å². The molecule has 0 bridgehead atoms. The average molecular weight is 320 g/mol. The number of halogens is 3. The van der Waals surface area contributed by atoms with E-state index in [1.807, 2.05) is 31.2 Å². The molecule has 0 saturated heterocycles. The predicted octanol–water partition coefficient (Wildman–Crippen LogP) is 4.21. The Balaban J connectivity index is 1.96. The van der Waals surface area contributed by atoms with Gasteiger partial charge in [-0.3, -0.25) is 0 Å². The van der Waals surface area contributed by atoms with E-state index < -0.39 is 12.0 Å². The van der Waals surface area contributed by atoms with Gasteiger partial charge in [0.2, 0.25) is 5.82 Å². The summed E-state index contributed by atoms with van der Waals surface area (Å²) in [5.41, 5.74) is 2.99. The van der Waals surface area contributed by atoms with Gasteiger partial charge in [-0.1, -0.05) is 29.8 Å². The fourth-order valence-electron chi connectivity index (χ4n) is 2.29.